The summed E-state index contributed by atoms with van der Waals surface area (Å²) >= 11 is 0. The normalized spacial score (nSPS) is 49.2. The summed E-state index contributed by atoms with van der Waals surface area (Å²) in [6.07, 6.45) is 6.63. The van der Waals surface area contributed by atoms with Gasteiger partial charge in [0, 0.05) is 11.8 Å². The fraction of sp³-hybridized carbons (Fsp3) is 1.00. The second-order valence-electron chi connectivity index (χ2n) is 4.97. The van der Waals surface area contributed by atoms with Crippen molar-refractivity contribution in [1.82, 2.24) is 4.31 Å². The van der Waals surface area contributed by atoms with E-state index in [1.54, 1.807) is 0 Å². The largest absolute Gasteiger partial charge is 0.270 e. The standard InChI is InChI=1S/C7H18ClNS/c1-7-6-10(3,4,5,8)9(7)2/h7H,6H2,1-5H3. The van der Waals surface area contributed by atoms with E-state index in [2.05, 4.69) is 37.0 Å². The van der Waals surface area contributed by atoms with E-state index in [0.717, 1.165) is 5.75 Å². The Bertz CT molecular complexity index is 178. The summed E-state index contributed by atoms with van der Waals surface area (Å²) in [7, 11) is 6.54. The predicted molar refractivity (Wildman–Crippen MR) is 53.3 cm³/mol. The molecular formula is C7H18ClNS. The molecule has 0 N–H and O–H groups in total. The van der Waals surface area contributed by atoms with E-state index in [1.165, 1.54) is 0 Å². The molecule has 1 rings (SSSR count). The highest BCUT2D eigenvalue weighted by Crippen LogP contribution is 2.93. The van der Waals surface area contributed by atoms with Gasteiger partial charge >= 0.3 is 0 Å². The molecule has 0 aromatic carbocycles. The van der Waals surface area contributed by atoms with Crippen LogP contribution in [0, 0.1) is 0 Å². The number of rotatable bonds is 0. The van der Waals surface area contributed by atoms with Crippen molar-refractivity contribution in [3.8, 4) is 0 Å². The van der Waals surface area contributed by atoms with Crippen LogP contribution in [0.15, 0.2) is 0 Å². The minimum atomic E-state index is -2.20. The lowest BCUT2D eigenvalue weighted by Crippen LogP contribution is -2.62. The molecule has 3 heteroatoms. The summed E-state index contributed by atoms with van der Waals surface area (Å²) in [5.74, 6) is 1.16. The quantitative estimate of drug-likeness (QED) is 0.557. The average molecular weight is 184 g/mol. The van der Waals surface area contributed by atoms with Crippen molar-refractivity contribution in [3.05, 3.63) is 0 Å². The maximum atomic E-state index is 6.60. The van der Waals surface area contributed by atoms with Crippen molar-refractivity contribution < 1.29 is 0 Å². The summed E-state index contributed by atoms with van der Waals surface area (Å²) < 4.78 is 2.33. The molecule has 0 spiro atoms. The Kier molecular flexibility index (Phi) is 1.21. The van der Waals surface area contributed by atoms with Gasteiger partial charge in [0.15, 0.2) is 0 Å². The van der Waals surface area contributed by atoms with Gasteiger partial charge in [-0.25, -0.2) is 0 Å². The minimum Gasteiger partial charge on any atom is -0.270 e. The molecular weight excluding hydrogens is 166 g/mol. The lowest BCUT2D eigenvalue weighted by molar-refractivity contribution is 0.397. The molecule has 1 nitrogen and oxygen atoms in total. The smallest absolute Gasteiger partial charge is 0.0235 e. The molecule has 0 aliphatic carbocycles. The van der Waals surface area contributed by atoms with Crippen LogP contribution >= 0.6 is 18.4 Å². The first-order valence-electron chi connectivity index (χ1n) is 3.54. The molecule has 0 saturated carbocycles. The Hall–Kier alpha value is 0.600. The Morgan fingerprint density at radius 1 is 1.40 bits per heavy atom. The van der Waals surface area contributed by atoms with Crippen molar-refractivity contribution >= 4 is 18.4 Å². The van der Waals surface area contributed by atoms with Gasteiger partial charge in [-0.2, -0.15) is 7.69 Å². The van der Waals surface area contributed by atoms with Gasteiger partial charge in [0.05, 0.1) is 0 Å². The van der Waals surface area contributed by atoms with Crippen molar-refractivity contribution in [2.24, 2.45) is 0 Å². The van der Waals surface area contributed by atoms with Gasteiger partial charge in [0.25, 0.3) is 0 Å². The summed E-state index contributed by atoms with van der Waals surface area (Å²) in [4.78, 5) is 0. The monoisotopic (exact) mass is 183 g/mol. The van der Waals surface area contributed by atoms with Crippen LogP contribution < -0.4 is 0 Å². The Morgan fingerprint density at radius 2 is 1.80 bits per heavy atom. The molecule has 0 amide bonds. The zero-order chi connectivity index (χ0) is 8.27. The van der Waals surface area contributed by atoms with Gasteiger partial charge in [-0.1, -0.05) is 10.7 Å². The van der Waals surface area contributed by atoms with Crippen LogP contribution in [-0.2, 0) is 0 Å². The fourth-order valence-corrected chi connectivity index (χ4v) is 6.34. The number of hydrogen-bond donors (Lipinski definition) is 0. The molecule has 0 aromatic rings. The zero-order valence-electron chi connectivity index (χ0n) is 7.52. The maximum Gasteiger partial charge on any atom is 0.0235 e. The van der Waals surface area contributed by atoms with Crippen LogP contribution in [0.3, 0.4) is 0 Å². The highest BCUT2D eigenvalue weighted by Gasteiger charge is 2.59. The van der Waals surface area contributed by atoms with Crippen LogP contribution in [0.1, 0.15) is 6.92 Å². The number of nitrogens with zero attached hydrogens (tertiary/aromatic N) is 1. The average Bonchev–Trinajstić information content (AvgIpc) is 1.60. The van der Waals surface area contributed by atoms with Crippen molar-refractivity contribution in [2.75, 3.05) is 31.6 Å². The van der Waals surface area contributed by atoms with Gasteiger partial charge in [0.1, 0.15) is 0 Å². The van der Waals surface area contributed by atoms with Gasteiger partial charge in [0.2, 0.25) is 0 Å². The first-order valence-corrected chi connectivity index (χ1v) is 8.17. The maximum absolute atomic E-state index is 6.60. The van der Waals surface area contributed by atoms with E-state index in [0.29, 0.717) is 6.04 Å². The van der Waals surface area contributed by atoms with E-state index < -0.39 is 7.69 Å². The number of hydrogen-bond acceptors (Lipinski definition) is 1. The van der Waals surface area contributed by atoms with E-state index >= 15 is 0 Å². The molecule has 1 heterocycles. The molecule has 1 atom stereocenters. The minimum absolute atomic E-state index is 0.666. The summed E-state index contributed by atoms with van der Waals surface area (Å²) in [5, 5.41) is 0. The second kappa shape index (κ2) is 1.39. The predicted octanol–water partition coefficient (Wildman–Crippen LogP) is 2.15. The SMILES string of the molecule is CC1CS(C)(C)(C)(Cl)N1C. The van der Waals surface area contributed by atoms with Gasteiger partial charge in [-0.05, 0) is 32.7 Å². The first kappa shape index (κ1) is 8.69. The molecule has 1 aliphatic rings. The lowest BCUT2D eigenvalue weighted by atomic mass is 10.4. The third kappa shape index (κ3) is 1.06. The molecule has 10 heavy (non-hydrogen) atoms. The van der Waals surface area contributed by atoms with Crippen LogP contribution in [0.4, 0.5) is 0 Å². The van der Waals surface area contributed by atoms with Crippen LogP contribution in [0.25, 0.3) is 0 Å². The van der Waals surface area contributed by atoms with Crippen LogP contribution in [0.5, 0.6) is 0 Å². The van der Waals surface area contributed by atoms with Crippen molar-refractivity contribution in [1.29, 1.82) is 0 Å². The van der Waals surface area contributed by atoms with Crippen molar-refractivity contribution in [2.45, 2.75) is 13.0 Å². The zero-order valence-corrected chi connectivity index (χ0v) is 9.09. The molecule has 1 fully saturated rings. The highest BCUT2D eigenvalue weighted by molar-refractivity contribution is 8.77. The molecule has 1 saturated heterocycles. The van der Waals surface area contributed by atoms with E-state index in [-0.39, 0.29) is 0 Å². The topological polar surface area (TPSA) is 3.24 Å². The third-order valence-corrected chi connectivity index (χ3v) is 8.18. The third-order valence-electron chi connectivity index (χ3n) is 2.68. The lowest BCUT2D eigenvalue weighted by Gasteiger charge is -2.82. The van der Waals surface area contributed by atoms with E-state index in [9.17, 15) is 0 Å². The second-order valence-corrected chi connectivity index (χ2v) is 16.5. The van der Waals surface area contributed by atoms with Crippen LogP contribution in [-0.4, -0.2) is 41.9 Å². The molecule has 0 bridgehead atoms. The molecule has 0 radical (unpaired) electrons. The highest BCUT2D eigenvalue weighted by atomic mass is 35.7. The van der Waals surface area contributed by atoms with E-state index in [1.807, 2.05) is 0 Å². The summed E-state index contributed by atoms with van der Waals surface area (Å²) in [5.41, 5.74) is 0. The Balaban J connectivity index is 2.97. The molecule has 64 valence electrons. The number of halogens is 1. The molecule has 1 aliphatic heterocycles. The van der Waals surface area contributed by atoms with Crippen molar-refractivity contribution in [3.63, 3.8) is 0 Å². The summed E-state index contributed by atoms with van der Waals surface area (Å²) in [6, 6.07) is 0.666. The first-order chi connectivity index (χ1) is 4.05. The van der Waals surface area contributed by atoms with Crippen LogP contribution in [0.2, 0.25) is 0 Å². The molecule has 0 aromatic heterocycles. The van der Waals surface area contributed by atoms with Gasteiger partial charge in [-0.15, -0.1) is 0 Å². The van der Waals surface area contributed by atoms with E-state index in [4.69, 9.17) is 10.7 Å². The van der Waals surface area contributed by atoms with Gasteiger partial charge in [-0.3, -0.25) is 4.31 Å². The summed E-state index contributed by atoms with van der Waals surface area (Å²) in [6.45, 7) is 2.22. The Labute approximate surface area is 67.6 Å². The molecule has 1 unspecified atom stereocenters. The fourth-order valence-electron chi connectivity index (χ4n) is 1.80. The Morgan fingerprint density at radius 3 is 1.80 bits per heavy atom. The van der Waals surface area contributed by atoms with Gasteiger partial charge < -0.3 is 0 Å².